The molecular weight excluding hydrogens is 234 g/mol. The highest BCUT2D eigenvalue weighted by Gasteiger charge is 2.30. The standard InChI is InChI=1S/C13H20ClN3/c1-9(2)8-17(11-3-4-11)13-5-10(6-15)12(14)7-16-13/h5,7,9,11H,3-4,6,8,15H2,1-2H3. The molecule has 0 aliphatic heterocycles. The molecule has 2 N–H and O–H groups in total. The van der Waals surface area contributed by atoms with Gasteiger partial charge in [-0.1, -0.05) is 25.4 Å². The fourth-order valence-electron chi connectivity index (χ4n) is 1.99. The van der Waals surface area contributed by atoms with Crippen LogP contribution in [0.5, 0.6) is 0 Å². The van der Waals surface area contributed by atoms with Crippen LogP contribution in [0.15, 0.2) is 12.3 Å². The fraction of sp³-hybridized carbons (Fsp3) is 0.615. The number of aromatic nitrogens is 1. The number of nitrogens with zero attached hydrogens (tertiary/aromatic N) is 2. The predicted molar refractivity (Wildman–Crippen MR) is 72.3 cm³/mol. The van der Waals surface area contributed by atoms with Gasteiger partial charge in [-0.15, -0.1) is 0 Å². The van der Waals surface area contributed by atoms with E-state index in [1.54, 1.807) is 6.20 Å². The fourth-order valence-corrected chi connectivity index (χ4v) is 2.17. The normalized spacial score (nSPS) is 15.4. The summed E-state index contributed by atoms with van der Waals surface area (Å²) in [6.07, 6.45) is 4.26. The van der Waals surface area contributed by atoms with Gasteiger partial charge in [-0.05, 0) is 30.4 Å². The van der Waals surface area contributed by atoms with Crippen LogP contribution in [0.2, 0.25) is 5.02 Å². The molecule has 3 nitrogen and oxygen atoms in total. The van der Waals surface area contributed by atoms with Crippen LogP contribution in [-0.2, 0) is 6.54 Å². The molecule has 0 unspecified atom stereocenters. The molecule has 17 heavy (non-hydrogen) atoms. The van der Waals surface area contributed by atoms with Gasteiger partial charge in [0, 0.05) is 25.3 Å². The van der Waals surface area contributed by atoms with Crippen molar-refractivity contribution >= 4 is 17.4 Å². The Morgan fingerprint density at radius 1 is 1.53 bits per heavy atom. The summed E-state index contributed by atoms with van der Waals surface area (Å²) in [4.78, 5) is 6.83. The van der Waals surface area contributed by atoms with Crippen LogP contribution >= 0.6 is 11.6 Å². The highest BCUT2D eigenvalue weighted by Crippen LogP contribution is 2.32. The number of hydrogen-bond acceptors (Lipinski definition) is 3. The topological polar surface area (TPSA) is 42.1 Å². The van der Waals surface area contributed by atoms with E-state index < -0.39 is 0 Å². The molecule has 1 aliphatic rings. The maximum absolute atomic E-state index is 6.04. The molecule has 94 valence electrons. The average Bonchev–Trinajstić information content (AvgIpc) is 3.10. The van der Waals surface area contributed by atoms with E-state index in [-0.39, 0.29) is 0 Å². The van der Waals surface area contributed by atoms with Crippen LogP contribution in [0.25, 0.3) is 0 Å². The summed E-state index contributed by atoms with van der Waals surface area (Å²) in [7, 11) is 0. The largest absolute Gasteiger partial charge is 0.353 e. The third-order valence-corrected chi connectivity index (χ3v) is 3.32. The predicted octanol–water partition coefficient (Wildman–Crippen LogP) is 2.82. The van der Waals surface area contributed by atoms with Crippen LogP contribution in [-0.4, -0.2) is 17.6 Å². The van der Waals surface area contributed by atoms with Crippen molar-refractivity contribution in [2.24, 2.45) is 11.7 Å². The first kappa shape index (κ1) is 12.7. The van der Waals surface area contributed by atoms with Gasteiger partial charge < -0.3 is 10.6 Å². The van der Waals surface area contributed by atoms with Gasteiger partial charge in [-0.3, -0.25) is 0 Å². The second-order valence-electron chi connectivity index (χ2n) is 5.12. The van der Waals surface area contributed by atoms with Gasteiger partial charge >= 0.3 is 0 Å². The lowest BCUT2D eigenvalue weighted by Gasteiger charge is -2.26. The number of anilines is 1. The minimum absolute atomic E-state index is 0.467. The van der Waals surface area contributed by atoms with Gasteiger partial charge in [0.25, 0.3) is 0 Å². The molecule has 1 saturated carbocycles. The van der Waals surface area contributed by atoms with E-state index in [1.165, 1.54) is 12.8 Å². The molecular formula is C13H20ClN3. The molecule has 4 heteroatoms. The molecule has 0 spiro atoms. The Bertz CT molecular complexity index is 388. The van der Waals surface area contributed by atoms with Crippen LogP contribution in [0.4, 0.5) is 5.82 Å². The lowest BCUT2D eigenvalue weighted by atomic mass is 10.2. The van der Waals surface area contributed by atoms with Gasteiger partial charge in [0.05, 0.1) is 5.02 Å². The smallest absolute Gasteiger partial charge is 0.129 e. The Morgan fingerprint density at radius 2 is 2.24 bits per heavy atom. The van der Waals surface area contributed by atoms with Crippen LogP contribution in [0.3, 0.4) is 0 Å². The Kier molecular flexibility index (Phi) is 3.89. The minimum atomic E-state index is 0.467. The molecule has 1 aromatic rings. The number of rotatable bonds is 5. The van der Waals surface area contributed by atoms with E-state index in [4.69, 9.17) is 17.3 Å². The summed E-state index contributed by atoms with van der Waals surface area (Å²) in [5, 5.41) is 0.663. The molecule has 0 aromatic carbocycles. The zero-order valence-electron chi connectivity index (χ0n) is 10.5. The highest BCUT2D eigenvalue weighted by molar-refractivity contribution is 6.31. The summed E-state index contributed by atoms with van der Waals surface area (Å²) in [5.41, 5.74) is 6.66. The molecule has 0 radical (unpaired) electrons. The first-order chi connectivity index (χ1) is 8.11. The summed E-state index contributed by atoms with van der Waals surface area (Å²) < 4.78 is 0. The summed E-state index contributed by atoms with van der Waals surface area (Å²) >= 11 is 6.04. The summed E-state index contributed by atoms with van der Waals surface area (Å²) in [5.74, 6) is 1.65. The molecule has 1 aliphatic carbocycles. The molecule has 0 bridgehead atoms. The number of hydrogen-bond donors (Lipinski definition) is 1. The Labute approximate surface area is 108 Å². The first-order valence-corrected chi connectivity index (χ1v) is 6.60. The van der Waals surface area contributed by atoms with Crippen LogP contribution < -0.4 is 10.6 Å². The molecule has 0 saturated heterocycles. The van der Waals surface area contributed by atoms with E-state index >= 15 is 0 Å². The number of pyridine rings is 1. The second-order valence-corrected chi connectivity index (χ2v) is 5.52. The third-order valence-electron chi connectivity index (χ3n) is 2.98. The van der Waals surface area contributed by atoms with E-state index in [2.05, 4.69) is 23.7 Å². The Hall–Kier alpha value is -0.800. The maximum atomic E-state index is 6.04. The summed E-state index contributed by atoms with van der Waals surface area (Å²) in [6, 6.07) is 2.69. The zero-order chi connectivity index (χ0) is 12.4. The van der Waals surface area contributed by atoms with Crippen molar-refractivity contribution < 1.29 is 0 Å². The van der Waals surface area contributed by atoms with E-state index in [1.807, 2.05) is 6.07 Å². The van der Waals surface area contributed by atoms with Gasteiger partial charge in [0.15, 0.2) is 0 Å². The summed E-state index contributed by atoms with van der Waals surface area (Å²) in [6.45, 7) is 5.97. The third kappa shape index (κ3) is 3.11. The quantitative estimate of drug-likeness (QED) is 0.878. The maximum Gasteiger partial charge on any atom is 0.129 e. The lowest BCUT2D eigenvalue weighted by Crippen LogP contribution is -2.30. The van der Waals surface area contributed by atoms with E-state index in [0.717, 1.165) is 17.9 Å². The lowest BCUT2D eigenvalue weighted by molar-refractivity contribution is 0.602. The van der Waals surface area contributed by atoms with Gasteiger partial charge in [0.2, 0.25) is 0 Å². The molecule has 1 heterocycles. The van der Waals surface area contributed by atoms with Crippen LogP contribution in [0, 0.1) is 5.92 Å². The van der Waals surface area contributed by atoms with Crippen molar-refractivity contribution in [3.8, 4) is 0 Å². The van der Waals surface area contributed by atoms with Crippen molar-refractivity contribution in [2.75, 3.05) is 11.4 Å². The minimum Gasteiger partial charge on any atom is -0.353 e. The molecule has 1 fully saturated rings. The highest BCUT2D eigenvalue weighted by atomic mass is 35.5. The Balaban J connectivity index is 2.22. The average molecular weight is 254 g/mol. The Morgan fingerprint density at radius 3 is 2.76 bits per heavy atom. The SMILES string of the molecule is CC(C)CN(c1cc(CN)c(Cl)cn1)C1CC1. The monoisotopic (exact) mass is 253 g/mol. The van der Waals surface area contributed by atoms with Crippen LogP contribution in [0.1, 0.15) is 32.3 Å². The second kappa shape index (κ2) is 5.23. The first-order valence-electron chi connectivity index (χ1n) is 6.23. The van der Waals surface area contributed by atoms with Gasteiger partial charge in [0.1, 0.15) is 5.82 Å². The molecule has 2 rings (SSSR count). The van der Waals surface area contributed by atoms with Crippen molar-refractivity contribution in [3.05, 3.63) is 22.8 Å². The van der Waals surface area contributed by atoms with Gasteiger partial charge in [-0.2, -0.15) is 0 Å². The molecule has 1 aromatic heterocycles. The van der Waals surface area contributed by atoms with Crippen molar-refractivity contribution in [2.45, 2.75) is 39.3 Å². The molecule has 0 amide bonds. The molecule has 0 atom stereocenters. The van der Waals surface area contributed by atoms with Crippen molar-refractivity contribution in [3.63, 3.8) is 0 Å². The number of halogens is 1. The van der Waals surface area contributed by atoms with Crippen molar-refractivity contribution in [1.29, 1.82) is 0 Å². The zero-order valence-corrected chi connectivity index (χ0v) is 11.2. The number of nitrogens with two attached hydrogens (primary N) is 1. The van der Waals surface area contributed by atoms with Gasteiger partial charge in [-0.25, -0.2) is 4.98 Å². The van der Waals surface area contributed by atoms with E-state index in [9.17, 15) is 0 Å². The van der Waals surface area contributed by atoms with Crippen molar-refractivity contribution in [1.82, 2.24) is 4.98 Å². The van der Waals surface area contributed by atoms with E-state index in [0.29, 0.717) is 23.5 Å².